The number of hydrogen-bond donors (Lipinski definition) is 1. The maximum atomic E-state index is 3.69. The molecule has 0 bridgehead atoms. The molecule has 16 heavy (non-hydrogen) atoms. The average molecular weight is 237 g/mol. The highest BCUT2D eigenvalue weighted by Gasteiger charge is 2.22. The summed E-state index contributed by atoms with van der Waals surface area (Å²) in [7, 11) is 0. The molecular formula is C14H23NS. The summed E-state index contributed by atoms with van der Waals surface area (Å²) >= 11 is 1.79. The summed E-state index contributed by atoms with van der Waals surface area (Å²) in [4.78, 5) is 0. The lowest BCUT2D eigenvalue weighted by Gasteiger charge is -2.31. The van der Waals surface area contributed by atoms with Gasteiger partial charge in [-0.05, 0) is 59.9 Å². The smallest absolute Gasteiger partial charge is 0.0216 e. The van der Waals surface area contributed by atoms with Gasteiger partial charge >= 0.3 is 0 Å². The molecule has 1 saturated carbocycles. The van der Waals surface area contributed by atoms with E-state index in [4.69, 9.17) is 0 Å². The maximum absolute atomic E-state index is 3.69. The van der Waals surface area contributed by atoms with Crippen LogP contribution in [0.2, 0.25) is 0 Å². The first-order valence-electron chi connectivity index (χ1n) is 6.50. The Bertz CT molecular complexity index is 284. The fraction of sp³-hybridized carbons (Fsp3) is 0.714. The molecule has 0 aromatic carbocycles. The van der Waals surface area contributed by atoms with Crippen LogP contribution in [0, 0.1) is 11.8 Å². The van der Waals surface area contributed by atoms with Gasteiger partial charge in [-0.3, -0.25) is 0 Å². The van der Waals surface area contributed by atoms with E-state index in [0.717, 1.165) is 24.4 Å². The summed E-state index contributed by atoms with van der Waals surface area (Å²) in [5.74, 6) is 1.84. The van der Waals surface area contributed by atoms with Crippen LogP contribution in [0.15, 0.2) is 16.8 Å². The van der Waals surface area contributed by atoms with Gasteiger partial charge in [0.25, 0.3) is 0 Å². The van der Waals surface area contributed by atoms with Crippen molar-refractivity contribution in [3.8, 4) is 0 Å². The van der Waals surface area contributed by atoms with Gasteiger partial charge in [-0.25, -0.2) is 0 Å². The highest BCUT2D eigenvalue weighted by Crippen LogP contribution is 2.29. The third kappa shape index (κ3) is 3.33. The first kappa shape index (κ1) is 12.1. The van der Waals surface area contributed by atoms with Crippen molar-refractivity contribution in [1.29, 1.82) is 0 Å². The van der Waals surface area contributed by atoms with E-state index in [-0.39, 0.29) is 0 Å². The predicted octanol–water partition coefficient (Wildman–Crippen LogP) is 4.05. The summed E-state index contributed by atoms with van der Waals surface area (Å²) < 4.78 is 0. The third-order valence-electron chi connectivity index (χ3n) is 3.89. The van der Waals surface area contributed by atoms with Crippen molar-refractivity contribution in [2.24, 2.45) is 11.8 Å². The second-order valence-electron chi connectivity index (χ2n) is 5.37. The molecule has 1 aromatic rings. The molecule has 1 fully saturated rings. The van der Waals surface area contributed by atoms with Crippen LogP contribution in [0.5, 0.6) is 0 Å². The van der Waals surface area contributed by atoms with Crippen molar-refractivity contribution in [3.63, 3.8) is 0 Å². The maximum Gasteiger partial charge on any atom is 0.0216 e. The minimum Gasteiger partial charge on any atom is -0.310 e. The fourth-order valence-electron chi connectivity index (χ4n) is 2.65. The molecule has 0 saturated heterocycles. The summed E-state index contributed by atoms with van der Waals surface area (Å²) in [5, 5.41) is 8.09. The van der Waals surface area contributed by atoms with Crippen LogP contribution in [-0.2, 0) is 6.54 Å². The van der Waals surface area contributed by atoms with Crippen molar-refractivity contribution in [2.45, 2.75) is 52.1 Å². The molecule has 2 heteroatoms. The monoisotopic (exact) mass is 237 g/mol. The molecule has 90 valence electrons. The highest BCUT2D eigenvalue weighted by molar-refractivity contribution is 7.07. The minimum absolute atomic E-state index is 0.759. The zero-order valence-corrected chi connectivity index (χ0v) is 11.2. The van der Waals surface area contributed by atoms with E-state index in [1.807, 2.05) is 0 Å². The normalized spacial score (nSPS) is 26.2. The molecule has 0 spiro atoms. The largest absolute Gasteiger partial charge is 0.310 e. The van der Waals surface area contributed by atoms with Gasteiger partial charge in [0.15, 0.2) is 0 Å². The van der Waals surface area contributed by atoms with Gasteiger partial charge in [0.05, 0.1) is 0 Å². The minimum atomic E-state index is 0.759. The van der Waals surface area contributed by atoms with Crippen LogP contribution >= 0.6 is 11.3 Å². The number of thiophene rings is 1. The van der Waals surface area contributed by atoms with Gasteiger partial charge in [0, 0.05) is 12.6 Å². The lowest BCUT2D eigenvalue weighted by atomic mass is 9.80. The Morgan fingerprint density at radius 2 is 2.06 bits per heavy atom. The summed E-state index contributed by atoms with van der Waals surface area (Å²) in [6.45, 7) is 5.79. The second-order valence-corrected chi connectivity index (χ2v) is 6.15. The van der Waals surface area contributed by atoms with Crippen molar-refractivity contribution >= 4 is 11.3 Å². The molecular weight excluding hydrogens is 214 g/mol. The Kier molecular flexibility index (Phi) is 4.42. The molecule has 1 aliphatic carbocycles. The van der Waals surface area contributed by atoms with Crippen LogP contribution in [0.3, 0.4) is 0 Å². The highest BCUT2D eigenvalue weighted by atomic mass is 32.1. The Balaban J connectivity index is 1.69. The first-order chi connectivity index (χ1) is 7.75. The Morgan fingerprint density at radius 1 is 1.31 bits per heavy atom. The van der Waals surface area contributed by atoms with Gasteiger partial charge in [0.1, 0.15) is 0 Å². The second kappa shape index (κ2) is 5.83. The first-order valence-corrected chi connectivity index (χ1v) is 7.44. The standard InChI is InChI=1S/C14H23NS/c1-11(2)13-3-5-14(6-4-13)15-9-12-7-8-16-10-12/h7-8,10-11,13-15H,3-6,9H2,1-2H3. The van der Waals surface area contributed by atoms with Crippen LogP contribution in [0.1, 0.15) is 45.1 Å². The third-order valence-corrected chi connectivity index (χ3v) is 4.62. The van der Waals surface area contributed by atoms with E-state index in [2.05, 4.69) is 36.0 Å². The van der Waals surface area contributed by atoms with Crippen molar-refractivity contribution in [3.05, 3.63) is 22.4 Å². The summed E-state index contributed by atoms with van der Waals surface area (Å²) in [6, 6.07) is 2.98. The van der Waals surface area contributed by atoms with Crippen molar-refractivity contribution < 1.29 is 0 Å². The van der Waals surface area contributed by atoms with Crippen molar-refractivity contribution in [2.75, 3.05) is 0 Å². The fourth-order valence-corrected chi connectivity index (χ4v) is 3.31. The van der Waals surface area contributed by atoms with E-state index in [1.54, 1.807) is 11.3 Å². The predicted molar refractivity (Wildman–Crippen MR) is 71.7 cm³/mol. The molecule has 0 amide bonds. The van der Waals surface area contributed by atoms with Crippen LogP contribution in [0.25, 0.3) is 0 Å². The van der Waals surface area contributed by atoms with E-state index in [1.165, 1.54) is 31.2 Å². The van der Waals surface area contributed by atoms with Gasteiger partial charge < -0.3 is 5.32 Å². The van der Waals surface area contributed by atoms with Crippen LogP contribution < -0.4 is 5.32 Å². The Labute approximate surface area is 103 Å². The Morgan fingerprint density at radius 3 is 2.62 bits per heavy atom. The lowest BCUT2D eigenvalue weighted by molar-refractivity contribution is 0.238. The van der Waals surface area contributed by atoms with E-state index >= 15 is 0 Å². The van der Waals surface area contributed by atoms with Gasteiger partial charge in [0.2, 0.25) is 0 Å². The zero-order chi connectivity index (χ0) is 11.4. The molecule has 1 heterocycles. The van der Waals surface area contributed by atoms with Gasteiger partial charge in [-0.15, -0.1) is 0 Å². The quantitative estimate of drug-likeness (QED) is 0.833. The number of nitrogens with one attached hydrogen (secondary N) is 1. The average Bonchev–Trinajstić information content (AvgIpc) is 2.80. The SMILES string of the molecule is CC(C)C1CCC(NCc2ccsc2)CC1. The molecule has 0 unspecified atom stereocenters. The molecule has 1 nitrogen and oxygen atoms in total. The number of hydrogen-bond acceptors (Lipinski definition) is 2. The van der Waals surface area contributed by atoms with E-state index < -0.39 is 0 Å². The van der Waals surface area contributed by atoms with Crippen LogP contribution in [0.4, 0.5) is 0 Å². The van der Waals surface area contributed by atoms with Gasteiger partial charge in [-0.1, -0.05) is 13.8 Å². The lowest BCUT2D eigenvalue weighted by Crippen LogP contribution is -2.33. The summed E-state index contributed by atoms with van der Waals surface area (Å²) in [5.41, 5.74) is 1.44. The van der Waals surface area contributed by atoms with E-state index in [9.17, 15) is 0 Å². The van der Waals surface area contributed by atoms with Crippen LogP contribution in [-0.4, -0.2) is 6.04 Å². The molecule has 2 rings (SSSR count). The molecule has 1 aromatic heterocycles. The van der Waals surface area contributed by atoms with E-state index in [0.29, 0.717) is 0 Å². The molecule has 1 N–H and O–H groups in total. The Hall–Kier alpha value is -0.340. The molecule has 0 atom stereocenters. The summed E-state index contributed by atoms with van der Waals surface area (Å²) in [6.07, 6.45) is 5.57. The zero-order valence-electron chi connectivity index (χ0n) is 10.4. The topological polar surface area (TPSA) is 12.0 Å². The molecule has 1 aliphatic rings. The van der Waals surface area contributed by atoms with Crippen molar-refractivity contribution in [1.82, 2.24) is 5.32 Å². The molecule has 0 aliphatic heterocycles. The molecule has 0 radical (unpaired) electrons. The van der Waals surface area contributed by atoms with Gasteiger partial charge in [-0.2, -0.15) is 11.3 Å². The number of rotatable bonds is 4.